The highest BCUT2D eigenvalue weighted by Crippen LogP contribution is 2.12. The molecule has 0 bridgehead atoms. The molecular weight excluding hydrogens is 272 g/mol. The van der Waals surface area contributed by atoms with Crippen molar-refractivity contribution in [3.63, 3.8) is 0 Å². The predicted molar refractivity (Wildman–Crippen MR) is 79.0 cm³/mol. The van der Waals surface area contributed by atoms with Crippen molar-refractivity contribution in [1.82, 2.24) is 5.43 Å². The first-order valence-electron chi connectivity index (χ1n) is 6.00. The molecule has 0 fully saturated rings. The normalized spacial score (nSPS) is 10.5. The molecule has 0 atom stereocenters. The van der Waals surface area contributed by atoms with Gasteiger partial charge in [-0.3, -0.25) is 14.9 Å². The molecule has 0 aromatic heterocycles. The minimum atomic E-state index is -0.499. The van der Waals surface area contributed by atoms with Crippen LogP contribution < -0.4 is 11.2 Å². The van der Waals surface area contributed by atoms with Crippen LogP contribution in [0.3, 0.4) is 0 Å². The van der Waals surface area contributed by atoms with E-state index in [9.17, 15) is 14.9 Å². The molecule has 2 aromatic rings. The third-order valence-electron chi connectivity index (χ3n) is 2.67. The number of nitrogens with zero attached hydrogens (tertiary/aromatic N) is 2. The number of nitrogen functional groups attached to an aromatic ring is 1. The number of hydrogen-bond acceptors (Lipinski definition) is 5. The lowest BCUT2D eigenvalue weighted by Gasteiger charge is -2.02. The highest BCUT2D eigenvalue weighted by atomic mass is 16.6. The Kier molecular flexibility index (Phi) is 4.25. The van der Waals surface area contributed by atoms with Gasteiger partial charge < -0.3 is 5.73 Å². The summed E-state index contributed by atoms with van der Waals surface area (Å²) >= 11 is 0. The molecular formula is C14H12N4O3. The predicted octanol–water partition coefficient (Wildman–Crippen LogP) is 1.94. The summed E-state index contributed by atoms with van der Waals surface area (Å²) in [6.45, 7) is 0. The first-order chi connectivity index (χ1) is 10.1. The van der Waals surface area contributed by atoms with Crippen LogP contribution in [0.1, 0.15) is 15.9 Å². The molecule has 0 aliphatic heterocycles. The third-order valence-corrected chi connectivity index (χ3v) is 2.67. The lowest BCUT2D eigenvalue weighted by Crippen LogP contribution is -2.18. The number of amides is 1. The fourth-order valence-corrected chi connectivity index (χ4v) is 1.65. The van der Waals surface area contributed by atoms with E-state index < -0.39 is 10.8 Å². The van der Waals surface area contributed by atoms with Gasteiger partial charge in [-0.05, 0) is 12.1 Å². The van der Waals surface area contributed by atoms with Crippen LogP contribution in [0, 0.1) is 10.1 Å². The van der Waals surface area contributed by atoms with Crippen LogP contribution in [0.15, 0.2) is 53.6 Å². The number of nitrogens with one attached hydrogen (secondary N) is 1. The summed E-state index contributed by atoms with van der Waals surface area (Å²) in [5, 5.41) is 14.4. The number of nitro benzene ring substituents is 1. The summed E-state index contributed by atoms with van der Waals surface area (Å²) in [6.07, 6.45) is 1.32. The molecule has 1 amide bonds. The molecule has 0 spiro atoms. The quantitative estimate of drug-likeness (QED) is 0.387. The molecule has 0 aliphatic carbocycles. The van der Waals surface area contributed by atoms with E-state index in [1.165, 1.54) is 24.4 Å². The molecule has 7 nitrogen and oxygen atoms in total. The average molecular weight is 284 g/mol. The van der Waals surface area contributed by atoms with Gasteiger partial charge in [0.05, 0.1) is 16.7 Å². The third kappa shape index (κ3) is 3.63. The molecule has 2 aromatic carbocycles. The first kappa shape index (κ1) is 14.2. The van der Waals surface area contributed by atoms with E-state index in [0.29, 0.717) is 16.8 Å². The number of rotatable bonds is 4. The number of benzene rings is 2. The zero-order chi connectivity index (χ0) is 15.2. The Bertz CT molecular complexity index is 713. The topological polar surface area (TPSA) is 111 Å². The van der Waals surface area contributed by atoms with Gasteiger partial charge in [-0.15, -0.1) is 0 Å². The fourth-order valence-electron chi connectivity index (χ4n) is 1.65. The van der Waals surface area contributed by atoms with Gasteiger partial charge in [0.2, 0.25) is 0 Å². The minimum Gasteiger partial charge on any atom is -0.398 e. The average Bonchev–Trinajstić information content (AvgIpc) is 2.48. The molecule has 0 saturated carbocycles. The molecule has 7 heteroatoms. The van der Waals surface area contributed by atoms with Crippen molar-refractivity contribution in [3.8, 4) is 0 Å². The van der Waals surface area contributed by atoms with Gasteiger partial charge in [0.1, 0.15) is 0 Å². The van der Waals surface area contributed by atoms with Crippen LogP contribution in [0.4, 0.5) is 11.4 Å². The van der Waals surface area contributed by atoms with Crippen LogP contribution >= 0.6 is 0 Å². The number of para-hydroxylation sites is 1. The van der Waals surface area contributed by atoms with E-state index in [-0.39, 0.29) is 5.69 Å². The molecule has 2 rings (SSSR count). The Morgan fingerprint density at radius 1 is 1.24 bits per heavy atom. The summed E-state index contributed by atoms with van der Waals surface area (Å²) in [4.78, 5) is 22.0. The van der Waals surface area contributed by atoms with Gasteiger partial charge in [0.25, 0.3) is 11.6 Å². The van der Waals surface area contributed by atoms with Gasteiger partial charge >= 0.3 is 0 Å². The van der Waals surface area contributed by atoms with Crippen molar-refractivity contribution in [2.45, 2.75) is 0 Å². The Hall–Kier alpha value is -3.22. The van der Waals surface area contributed by atoms with Crippen LogP contribution in [-0.4, -0.2) is 17.0 Å². The van der Waals surface area contributed by atoms with Gasteiger partial charge in [-0.25, -0.2) is 5.43 Å². The van der Waals surface area contributed by atoms with E-state index in [4.69, 9.17) is 5.73 Å². The van der Waals surface area contributed by atoms with Crippen molar-refractivity contribution < 1.29 is 9.72 Å². The van der Waals surface area contributed by atoms with Crippen LogP contribution in [0.2, 0.25) is 0 Å². The van der Waals surface area contributed by atoms with E-state index in [0.717, 1.165) is 0 Å². The zero-order valence-corrected chi connectivity index (χ0v) is 10.9. The number of anilines is 1. The van der Waals surface area contributed by atoms with Crippen LogP contribution in [0.25, 0.3) is 0 Å². The largest absolute Gasteiger partial charge is 0.398 e. The summed E-state index contributed by atoms with van der Waals surface area (Å²) < 4.78 is 0. The molecule has 0 saturated heterocycles. The van der Waals surface area contributed by atoms with Crippen LogP contribution in [-0.2, 0) is 0 Å². The number of nitrogens with two attached hydrogens (primary N) is 1. The van der Waals surface area contributed by atoms with E-state index >= 15 is 0 Å². The highest BCUT2D eigenvalue weighted by molar-refractivity contribution is 5.99. The second-order valence-electron chi connectivity index (χ2n) is 4.14. The SMILES string of the molecule is Nc1ccccc1C(=O)N/N=C/c1cccc([N+](=O)[O-])c1. The molecule has 3 N–H and O–H groups in total. The number of carbonyl (C=O) groups excluding carboxylic acids is 1. The first-order valence-corrected chi connectivity index (χ1v) is 6.00. The Morgan fingerprint density at radius 2 is 2.00 bits per heavy atom. The minimum absolute atomic E-state index is 0.0439. The summed E-state index contributed by atoms with van der Waals surface area (Å²) in [6, 6.07) is 12.5. The summed E-state index contributed by atoms with van der Waals surface area (Å²) in [5.74, 6) is -0.449. The Labute approximate surface area is 120 Å². The summed E-state index contributed by atoms with van der Waals surface area (Å²) in [5.41, 5.74) is 9.11. The number of non-ortho nitro benzene ring substituents is 1. The van der Waals surface area contributed by atoms with Gasteiger partial charge in [-0.2, -0.15) is 5.10 Å². The smallest absolute Gasteiger partial charge is 0.273 e. The van der Waals surface area contributed by atoms with E-state index in [2.05, 4.69) is 10.5 Å². The molecule has 0 aliphatic rings. The van der Waals surface area contributed by atoms with Crippen molar-refractivity contribution in [2.75, 3.05) is 5.73 Å². The zero-order valence-electron chi connectivity index (χ0n) is 10.9. The lowest BCUT2D eigenvalue weighted by atomic mass is 10.2. The standard InChI is InChI=1S/C14H12N4O3/c15-13-7-2-1-6-12(13)14(19)17-16-9-10-4-3-5-11(8-10)18(20)21/h1-9H,15H2,(H,17,19)/b16-9+. The number of carbonyl (C=O) groups is 1. The molecule has 21 heavy (non-hydrogen) atoms. The fraction of sp³-hybridized carbons (Fsp3) is 0. The second-order valence-corrected chi connectivity index (χ2v) is 4.14. The van der Waals surface area contributed by atoms with Crippen LogP contribution in [0.5, 0.6) is 0 Å². The number of hydrazone groups is 1. The number of hydrogen-bond donors (Lipinski definition) is 2. The maximum atomic E-state index is 11.8. The van der Waals surface area contributed by atoms with Crippen molar-refractivity contribution in [1.29, 1.82) is 0 Å². The van der Waals surface area contributed by atoms with E-state index in [1.54, 1.807) is 30.3 Å². The van der Waals surface area contributed by atoms with Gasteiger partial charge in [-0.1, -0.05) is 24.3 Å². The van der Waals surface area contributed by atoms with Crippen molar-refractivity contribution in [2.24, 2.45) is 5.10 Å². The Morgan fingerprint density at radius 3 is 2.71 bits per heavy atom. The second kappa shape index (κ2) is 6.29. The molecule has 106 valence electrons. The number of nitro groups is 1. The maximum absolute atomic E-state index is 11.8. The van der Waals surface area contributed by atoms with Gasteiger partial charge in [0, 0.05) is 23.4 Å². The monoisotopic (exact) mass is 284 g/mol. The highest BCUT2D eigenvalue weighted by Gasteiger charge is 2.07. The molecule has 0 radical (unpaired) electrons. The lowest BCUT2D eigenvalue weighted by molar-refractivity contribution is -0.384. The Balaban J connectivity index is 2.06. The van der Waals surface area contributed by atoms with Crippen molar-refractivity contribution in [3.05, 3.63) is 69.8 Å². The summed E-state index contributed by atoms with van der Waals surface area (Å²) in [7, 11) is 0. The molecule has 0 unspecified atom stereocenters. The maximum Gasteiger partial charge on any atom is 0.273 e. The van der Waals surface area contributed by atoms with E-state index in [1.807, 2.05) is 0 Å². The molecule has 0 heterocycles. The van der Waals surface area contributed by atoms with Crippen molar-refractivity contribution >= 4 is 23.5 Å². The van der Waals surface area contributed by atoms with Gasteiger partial charge in [0.15, 0.2) is 0 Å².